The summed E-state index contributed by atoms with van der Waals surface area (Å²) >= 11 is 6.13. The van der Waals surface area contributed by atoms with Crippen LogP contribution in [0.5, 0.6) is 0 Å². The summed E-state index contributed by atoms with van der Waals surface area (Å²) < 4.78 is 0. The van der Waals surface area contributed by atoms with E-state index >= 15 is 0 Å². The maximum atomic E-state index is 12.8. The Bertz CT molecular complexity index is 1060. The Morgan fingerprint density at radius 1 is 1.13 bits per heavy atom. The van der Waals surface area contributed by atoms with E-state index in [-0.39, 0.29) is 17.7 Å². The number of benzene rings is 1. The molecule has 0 aliphatic carbocycles. The first kappa shape index (κ1) is 20.1. The van der Waals surface area contributed by atoms with Crippen LogP contribution in [0.15, 0.2) is 48.7 Å². The van der Waals surface area contributed by atoms with Gasteiger partial charge in [-0.25, -0.2) is 0 Å². The molecule has 3 aromatic rings. The minimum atomic E-state index is -0.139. The van der Waals surface area contributed by atoms with Crippen LogP contribution >= 0.6 is 11.6 Å². The molecule has 0 bridgehead atoms. The second-order valence-electron chi connectivity index (χ2n) is 7.40. The zero-order chi connectivity index (χ0) is 21.1. The molecule has 2 aromatic heterocycles. The van der Waals surface area contributed by atoms with Gasteiger partial charge in [0, 0.05) is 35.9 Å². The van der Waals surface area contributed by atoms with Gasteiger partial charge in [-0.2, -0.15) is 5.10 Å². The van der Waals surface area contributed by atoms with Gasteiger partial charge in [0.1, 0.15) is 11.4 Å². The van der Waals surface area contributed by atoms with Crippen LogP contribution in [0.25, 0.3) is 11.4 Å². The van der Waals surface area contributed by atoms with Crippen molar-refractivity contribution in [1.29, 1.82) is 0 Å². The van der Waals surface area contributed by atoms with Crippen LogP contribution in [0.1, 0.15) is 28.9 Å². The van der Waals surface area contributed by atoms with Gasteiger partial charge in [-0.1, -0.05) is 23.7 Å². The maximum Gasteiger partial charge on any atom is 0.271 e. The summed E-state index contributed by atoms with van der Waals surface area (Å²) in [5.74, 6) is -0.296. The number of aromatic nitrogens is 3. The van der Waals surface area contributed by atoms with E-state index in [4.69, 9.17) is 11.6 Å². The Hall–Kier alpha value is -3.19. The van der Waals surface area contributed by atoms with Crippen molar-refractivity contribution in [2.45, 2.75) is 19.8 Å². The first-order valence-electron chi connectivity index (χ1n) is 9.84. The zero-order valence-corrected chi connectivity index (χ0v) is 17.3. The molecular weight excluding hydrogens is 402 g/mol. The number of amides is 2. The van der Waals surface area contributed by atoms with Crippen molar-refractivity contribution in [3.63, 3.8) is 0 Å². The molecule has 2 N–H and O–H groups in total. The lowest BCUT2D eigenvalue weighted by atomic mass is 9.95. The highest BCUT2D eigenvalue weighted by Gasteiger charge is 2.28. The summed E-state index contributed by atoms with van der Waals surface area (Å²) in [4.78, 5) is 31.4. The molecule has 4 rings (SSSR count). The van der Waals surface area contributed by atoms with Gasteiger partial charge in [-0.3, -0.25) is 19.7 Å². The molecule has 1 aromatic carbocycles. The Labute approximate surface area is 179 Å². The van der Waals surface area contributed by atoms with E-state index in [1.54, 1.807) is 23.2 Å². The van der Waals surface area contributed by atoms with Crippen molar-refractivity contribution in [2.24, 2.45) is 5.92 Å². The van der Waals surface area contributed by atoms with Crippen molar-refractivity contribution in [1.82, 2.24) is 20.1 Å². The van der Waals surface area contributed by atoms with Crippen LogP contribution in [-0.2, 0) is 4.79 Å². The number of H-pyrrole nitrogens is 1. The van der Waals surface area contributed by atoms with Crippen molar-refractivity contribution >= 4 is 29.1 Å². The molecule has 1 fully saturated rings. The molecule has 154 valence electrons. The molecule has 3 heterocycles. The van der Waals surface area contributed by atoms with Gasteiger partial charge < -0.3 is 10.2 Å². The maximum absolute atomic E-state index is 12.8. The molecule has 0 saturated carbocycles. The second-order valence-corrected chi connectivity index (χ2v) is 7.81. The van der Waals surface area contributed by atoms with Crippen LogP contribution < -0.4 is 5.32 Å². The van der Waals surface area contributed by atoms with E-state index < -0.39 is 0 Å². The standard InChI is InChI=1S/C22H22ClN5O2/c1-14-5-6-16(12-17(14)23)25-21(29)15-7-10-28(11-8-15)22(30)20-13-19(26-27-20)18-4-2-3-9-24-18/h2-6,9,12-13,15H,7-8,10-11H2,1H3,(H,25,29)(H,26,27). The van der Waals surface area contributed by atoms with Crippen LogP contribution in [0.2, 0.25) is 5.02 Å². The van der Waals surface area contributed by atoms with E-state index in [1.165, 1.54) is 0 Å². The molecule has 1 aliphatic heterocycles. The molecular formula is C22H22ClN5O2. The lowest BCUT2D eigenvalue weighted by Gasteiger charge is -2.31. The smallest absolute Gasteiger partial charge is 0.271 e. The average Bonchev–Trinajstić information content (AvgIpc) is 3.27. The SMILES string of the molecule is Cc1ccc(NC(=O)C2CCN(C(=O)c3cc(-c4ccccn4)n[nH]3)CC2)cc1Cl. The molecule has 8 heteroatoms. The van der Waals surface area contributed by atoms with E-state index in [1.807, 2.05) is 37.3 Å². The number of piperidine rings is 1. The van der Waals surface area contributed by atoms with Gasteiger partial charge in [-0.15, -0.1) is 0 Å². The van der Waals surface area contributed by atoms with Crippen LogP contribution in [0.3, 0.4) is 0 Å². The Morgan fingerprint density at radius 3 is 2.63 bits per heavy atom. The highest BCUT2D eigenvalue weighted by atomic mass is 35.5. The van der Waals surface area contributed by atoms with Gasteiger partial charge in [0.05, 0.1) is 5.69 Å². The summed E-state index contributed by atoms with van der Waals surface area (Å²) in [6.07, 6.45) is 2.91. The monoisotopic (exact) mass is 423 g/mol. The Kier molecular flexibility index (Phi) is 5.81. The average molecular weight is 424 g/mol. The number of nitrogens with zero attached hydrogens (tertiary/aromatic N) is 3. The summed E-state index contributed by atoms with van der Waals surface area (Å²) in [5, 5.41) is 10.6. The van der Waals surface area contributed by atoms with Gasteiger partial charge in [0.25, 0.3) is 5.91 Å². The lowest BCUT2D eigenvalue weighted by Crippen LogP contribution is -2.41. The molecule has 0 unspecified atom stereocenters. The number of hydrogen-bond donors (Lipinski definition) is 2. The van der Waals surface area contributed by atoms with Gasteiger partial charge in [-0.05, 0) is 55.7 Å². The predicted octanol–water partition coefficient (Wildman–Crippen LogP) is 3.92. The largest absolute Gasteiger partial charge is 0.337 e. The number of halogens is 1. The molecule has 7 nitrogen and oxygen atoms in total. The molecule has 2 amide bonds. The third-order valence-electron chi connectivity index (χ3n) is 5.33. The topological polar surface area (TPSA) is 91.0 Å². The third-order valence-corrected chi connectivity index (χ3v) is 5.74. The van der Waals surface area contributed by atoms with E-state index in [2.05, 4.69) is 20.5 Å². The highest BCUT2D eigenvalue weighted by Crippen LogP contribution is 2.24. The predicted molar refractivity (Wildman–Crippen MR) is 115 cm³/mol. The van der Waals surface area contributed by atoms with Gasteiger partial charge in [0.15, 0.2) is 0 Å². The number of likely N-dealkylation sites (tertiary alicyclic amines) is 1. The summed E-state index contributed by atoms with van der Waals surface area (Å²) in [6, 6.07) is 12.7. The Morgan fingerprint density at radius 2 is 1.93 bits per heavy atom. The van der Waals surface area contributed by atoms with Crippen LogP contribution in [-0.4, -0.2) is 45.0 Å². The fourth-order valence-electron chi connectivity index (χ4n) is 3.51. The first-order chi connectivity index (χ1) is 14.5. The fraction of sp³-hybridized carbons (Fsp3) is 0.273. The quantitative estimate of drug-likeness (QED) is 0.665. The van der Waals surface area contributed by atoms with Crippen LogP contribution in [0, 0.1) is 12.8 Å². The Balaban J connectivity index is 1.34. The van der Waals surface area contributed by atoms with Crippen molar-refractivity contribution in [2.75, 3.05) is 18.4 Å². The number of anilines is 1. The van der Waals surface area contributed by atoms with E-state index in [0.29, 0.717) is 53.7 Å². The van der Waals surface area contributed by atoms with E-state index in [9.17, 15) is 9.59 Å². The molecule has 0 atom stereocenters. The normalized spacial score (nSPS) is 14.5. The minimum Gasteiger partial charge on any atom is -0.337 e. The number of nitrogens with one attached hydrogen (secondary N) is 2. The zero-order valence-electron chi connectivity index (χ0n) is 16.6. The number of aryl methyl sites for hydroxylation is 1. The first-order valence-corrected chi connectivity index (χ1v) is 10.2. The number of aromatic amines is 1. The van der Waals surface area contributed by atoms with Crippen LogP contribution in [0.4, 0.5) is 5.69 Å². The van der Waals surface area contributed by atoms with Gasteiger partial charge >= 0.3 is 0 Å². The fourth-order valence-corrected chi connectivity index (χ4v) is 3.69. The number of rotatable bonds is 4. The number of hydrogen-bond acceptors (Lipinski definition) is 4. The van der Waals surface area contributed by atoms with Crippen molar-refractivity contribution in [3.8, 4) is 11.4 Å². The number of carbonyl (C=O) groups is 2. The molecule has 1 aliphatic rings. The molecule has 1 saturated heterocycles. The molecule has 0 spiro atoms. The number of pyridine rings is 1. The summed E-state index contributed by atoms with van der Waals surface area (Å²) in [5.41, 5.74) is 3.41. The van der Waals surface area contributed by atoms with Crippen molar-refractivity contribution in [3.05, 3.63) is 64.9 Å². The third kappa shape index (κ3) is 4.36. The van der Waals surface area contributed by atoms with Gasteiger partial charge in [0.2, 0.25) is 5.91 Å². The molecule has 0 radical (unpaired) electrons. The number of carbonyl (C=O) groups excluding carboxylic acids is 2. The summed E-state index contributed by atoms with van der Waals surface area (Å²) in [7, 11) is 0. The molecule has 30 heavy (non-hydrogen) atoms. The minimum absolute atomic E-state index is 0.0407. The highest BCUT2D eigenvalue weighted by molar-refractivity contribution is 6.31. The lowest BCUT2D eigenvalue weighted by molar-refractivity contribution is -0.121. The summed E-state index contributed by atoms with van der Waals surface area (Å²) in [6.45, 7) is 2.95. The second kappa shape index (κ2) is 8.67. The van der Waals surface area contributed by atoms with E-state index in [0.717, 1.165) is 5.56 Å². The van der Waals surface area contributed by atoms with Crippen molar-refractivity contribution < 1.29 is 9.59 Å².